The molecule has 0 aromatic heterocycles. The highest BCUT2D eigenvalue weighted by Gasteiger charge is 2.29. The lowest BCUT2D eigenvalue weighted by molar-refractivity contribution is -0.122. The van der Waals surface area contributed by atoms with Crippen molar-refractivity contribution in [3.63, 3.8) is 0 Å². The van der Waals surface area contributed by atoms with Gasteiger partial charge in [-0.2, -0.15) is 0 Å². The van der Waals surface area contributed by atoms with Crippen LogP contribution >= 0.6 is 0 Å². The maximum absolute atomic E-state index is 13.6. The minimum Gasteiger partial charge on any atom is -0.490 e. The van der Waals surface area contributed by atoms with Gasteiger partial charge >= 0.3 is 0 Å². The topological polar surface area (TPSA) is 84.9 Å². The van der Waals surface area contributed by atoms with Crippen LogP contribution in [0.3, 0.4) is 0 Å². The van der Waals surface area contributed by atoms with Crippen LogP contribution in [0.2, 0.25) is 0 Å². The number of amides is 1. The van der Waals surface area contributed by atoms with Gasteiger partial charge in [-0.25, -0.2) is 17.2 Å². The normalized spacial score (nSPS) is 12.2. The summed E-state index contributed by atoms with van der Waals surface area (Å²) in [7, 11) is -3.95. The Hall–Kier alpha value is -2.88. The molecule has 170 valence electrons. The van der Waals surface area contributed by atoms with E-state index in [-0.39, 0.29) is 12.2 Å². The first-order chi connectivity index (χ1) is 14.6. The maximum atomic E-state index is 13.6. The largest absolute Gasteiger partial charge is 0.490 e. The molecule has 0 aliphatic rings. The van der Waals surface area contributed by atoms with Gasteiger partial charge in [0.1, 0.15) is 6.04 Å². The van der Waals surface area contributed by atoms with E-state index >= 15 is 0 Å². The molecular formula is C21H26F2N2O5S. The van der Waals surface area contributed by atoms with Gasteiger partial charge in [0, 0.05) is 12.6 Å². The molecule has 1 amide bonds. The molecule has 0 saturated carbocycles. The molecule has 0 spiro atoms. The Kier molecular flexibility index (Phi) is 8.21. The average molecular weight is 457 g/mol. The molecule has 0 saturated heterocycles. The molecule has 0 radical (unpaired) electrons. The smallest absolute Gasteiger partial charge is 0.243 e. The molecule has 0 heterocycles. The van der Waals surface area contributed by atoms with Gasteiger partial charge in [-0.15, -0.1) is 0 Å². The SMILES string of the molecule is CCOc1ccc(CNC(=O)[C@@H](C)N(c2ccc(F)c(F)c2)S(C)(=O)=O)cc1OCC. The van der Waals surface area contributed by atoms with E-state index in [2.05, 4.69) is 5.32 Å². The monoisotopic (exact) mass is 456 g/mol. The number of halogens is 2. The van der Waals surface area contributed by atoms with Gasteiger partial charge in [-0.3, -0.25) is 9.10 Å². The van der Waals surface area contributed by atoms with Gasteiger partial charge < -0.3 is 14.8 Å². The highest BCUT2D eigenvalue weighted by atomic mass is 32.2. The van der Waals surface area contributed by atoms with Crippen LogP contribution < -0.4 is 19.1 Å². The molecule has 2 aromatic carbocycles. The second kappa shape index (κ2) is 10.4. The fraction of sp³-hybridized carbons (Fsp3) is 0.381. The van der Waals surface area contributed by atoms with Crippen molar-refractivity contribution < 1.29 is 31.5 Å². The molecule has 31 heavy (non-hydrogen) atoms. The van der Waals surface area contributed by atoms with Crippen LogP contribution in [0.15, 0.2) is 36.4 Å². The van der Waals surface area contributed by atoms with Gasteiger partial charge in [-0.05, 0) is 50.6 Å². The number of hydrogen-bond donors (Lipinski definition) is 1. The first-order valence-electron chi connectivity index (χ1n) is 9.69. The van der Waals surface area contributed by atoms with E-state index in [0.29, 0.717) is 30.3 Å². The summed E-state index contributed by atoms with van der Waals surface area (Å²) in [4.78, 5) is 12.7. The quantitative estimate of drug-likeness (QED) is 0.593. The van der Waals surface area contributed by atoms with E-state index in [1.807, 2.05) is 13.8 Å². The Balaban J connectivity index is 2.19. The average Bonchev–Trinajstić information content (AvgIpc) is 2.70. The van der Waals surface area contributed by atoms with E-state index in [4.69, 9.17) is 9.47 Å². The zero-order chi connectivity index (χ0) is 23.2. The van der Waals surface area contributed by atoms with Crippen molar-refractivity contribution in [2.24, 2.45) is 0 Å². The molecule has 0 fully saturated rings. The van der Waals surface area contributed by atoms with Crippen molar-refractivity contribution >= 4 is 21.6 Å². The number of carbonyl (C=O) groups excluding carboxylic acids is 1. The van der Waals surface area contributed by atoms with Gasteiger partial charge in [0.2, 0.25) is 15.9 Å². The number of sulfonamides is 1. The standard InChI is InChI=1S/C21H26F2N2O5S/c1-5-29-19-10-7-15(11-20(19)30-6-2)13-24-21(26)14(3)25(31(4,27)28)16-8-9-17(22)18(23)12-16/h7-12,14H,5-6,13H2,1-4H3,(H,24,26)/t14-/m1/s1. The summed E-state index contributed by atoms with van der Waals surface area (Å²) in [5, 5.41) is 2.66. The van der Waals surface area contributed by atoms with Crippen molar-refractivity contribution in [3.05, 3.63) is 53.6 Å². The molecule has 7 nitrogen and oxygen atoms in total. The number of anilines is 1. The second-order valence-electron chi connectivity index (χ2n) is 6.70. The van der Waals surface area contributed by atoms with Crippen LogP contribution in [0, 0.1) is 11.6 Å². The molecule has 2 aromatic rings. The van der Waals surface area contributed by atoms with E-state index < -0.39 is 33.6 Å². The predicted molar refractivity (Wildman–Crippen MR) is 114 cm³/mol. The number of rotatable bonds is 10. The Labute approximate surface area is 181 Å². The van der Waals surface area contributed by atoms with E-state index in [1.54, 1.807) is 18.2 Å². The predicted octanol–water partition coefficient (Wildman–Crippen LogP) is 3.23. The molecule has 10 heteroatoms. The number of carbonyl (C=O) groups is 1. The fourth-order valence-electron chi connectivity index (χ4n) is 2.97. The lowest BCUT2D eigenvalue weighted by atomic mass is 10.2. The summed E-state index contributed by atoms with van der Waals surface area (Å²) < 4.78 is 63.2. The number of hydrogen-bond acceptors (Lipinski definition) is 5. The fourth-order valence-corrected chi connectivity index (χ4v) is 4.14. The Morgan fingerprint density at radius 1 is 1.03 bits per heavy atom. The Bertz CT molecular complexity index is 1030. The van der Waals surface area contributed by atoms with Crippen molar-refractivity contribution in [1.29, 1.82) is 0 Å². The van der Waals surface area contributed by atoms with Crippen LogP contribution in [0.5, 0.6) is 11.5 Å². The second-order valence-corrected chi connectivity index (χ2v) is 8.56. The lowest BCUT2D eigenvalue weighted by Gasteiger charge is -2.28. The van der Waals surface area contributed by atoms with E-state index in [9.17, 15) is 22.0 Å². The zero-order valence-electron chi connectivity index (χ0n) is 17.8. The van der Waals surface area contributed by atoms with Gasteiger partial charge in [0.25, 0.3) is 0 Å². The van der Waals surface area contributed by atoms with Crippen molar-refractivity contribution in [2.45, 2.75) is 33.4 Å². The van der Waals surface area contributed by atoms with Crippen molar-refractivity contribution in [1.82, 2.24) is 5.32 Å². The summed E-state index contributed by atoms with van der Waals surface area (Å²) in [5.41, 5.74) is 0.565. The van der Waals surface area contributed by atoms with Gasteiger partial charge in [-0.1, -0.05) is 6.07 Å². The first-order valence-corrected chi connectivity index (χ1v) is 11.5. The maximum Gasteiger partial charge on any atom is 0.243 e. The number of nitrogens with zero attached hydrogens (tertiary/aromatic N) is 1. The third-order valence-corrected chi connectivity index (χ3v) is 5.56. The van der Waals surface area contributed by atoms with Crippen LogP contribution in [-0.4, -0.2) is 39.8 Å². The third kappa shape index (κ3) is 6.30. The summed E-state index contributed by atoms with van der Waals surface area (Å²) in [6.07, 6.45) is 0.888. The van der Waals surface area contributed by atoms with Gasteiger partial charge in [0.05, 0.1) is 25.2 Å². The molecule has 0 bridgehead atoms. The highest BCUT2D eigenvalue weighted by molar-refractivity contribution is 7.92. The van der Waals surface area contributed by atoms with Crippen molar-refractivity contribution in [2.75, 3.05) is 23.8 Å². The highest BCUT2D eigenvalue weighted by Crippen LogP contribution is 2.28. The summed E-state index contributed by atoms with van der Waals surface area (Å²) in [5.74, 6) is -1.83. The minimum absolute atomic E-state index is 0.102. The van der Waals surface area contributed by atoms with E-state index in [0.717, 1.165) is 28.8 Å². The molecule has 0 aliphatic carbocycles. The van der Waals surface area contributed by atoms with Crippen LogP contribution in [0.1, 0.15) is 26.3 Å². The molecule has 1 atom stereocenters. The minimum atomic E-state index is -3.95. The van der Waals surface area contributed by atoms with Crippen LogP contribution in [0.25, 0.3) is 0 Å². The van der Waals surface area contributed by atoms with Gasteiger partial charge in [0.15, 0.2) is 23.1 Å². The van der Waals surface area contributed by atoms with Crippen LogP contribution in [-0.2, 0) is 21.4 Å². The third-order valence-electron chi connectivity index (χ3n) is 4.32. The summed E-state index contributed by atoms with van der Waals surface area (Å²) in [6.45, 7) is 6.06. The Morgan fingerprint density at radius 2 is 1.68 bits per heavy atom. The van der Waals surface area contributed by atoms with Crippen molar-refractivity contribution in [3.8, 4) is 11.5 Å². The molecule has 2 rings (SSSR count). The number of nitrogens with one attached hydrogen (secondary N) is 1. The molecule has 0 unspecified atom stereocenters. The number of ether oxygens (including phenoxy) is 2. The molecule has 0 aliphatic heterocycles. The lowest BCUT2D eigenvalue weighted by Crippen LogP contribution is -2.47. The Morgan fingerprint density at radius 3 is 2.26 bits per heavy atom. The summed E-state index contributed by atoms with van der Waals surface area (Å²) >= 11 is 0. The molecular weight excluding hydrogens is 430 g/mol. The van der Waals surface area contributed by atoms with E-state index in [1.165, 1.54) is 6.92 Å². The summed E-state index contributed by atoms with van der Waals surface area (Å²) in [6, 6.07) is 6.65. The van der Waals surface area contributed by atoms with Crippen LogP contribution in [0.4, 0.5) is 14.5 Å². The first kappa shape index (κ1) is 24.4. The zero-order valence-corrected chi connectivity index (χ0v) is 18.6. The molecule has 1 N–H and O–H groups in total. The number of benzene rings is 2.